The maximum atomic E-state index is 12.6. The number of aliphatic hydroxyl groups is 1. The van der Waals surface area contributed by atoms with Crippen LogP contribution >= 0.6 is 0 Å². The average molecular weight is 411 g/mol. The standard InChI is InChI=1S/C23H30N4O3/c1-22(26-20(28)8-7-18-5-3-2-4-6-18)11-16-30-23(21(22)29)9-14-27(15-10-23)17-19-24-12-13-25-19/h2-8,12-13,21,29H,9-11,14-17H2,1H3,(H,24,25)(H,26,28)/b8-7+/t21-,22+/m1/s1. The van der Waals surface area contributed by atoms with Crippen molar-refractivity contribution in [1.29, 1.82) is 0 Å². The van der Waals surface area contributed by atoms with Crippen molar-refractivity contribution >= 4 is 12.0 Å². The van der Waals surface area contributed by atoms with Crippen molar-refractivity contribution in [3.05, 3.63) is 60.2 Å². The van der Waals surface area contributed by atoms with Gasteiger partial charge in [-0.2, -0.15) is 0 Å². The highest BCUT2D eigenvalue weighted by Crippen LogP contribution is 2.40. The second-order valence-electron chi connectivity index (χ2n) is 8.53. The van der Waals surface area contributed by atoms with Gasteiger partial charge in [-0.25, -0.2) is 4.98 Å². The van der Waals surface area contributed by atoms with Crippen molar-refractivity contribution in [3.63, 3.8) is 0 Å². The Labute approximate surface area is 177 Å². The third-order valence-electron chi connectivity index (χ3n) is 6.38. The van der Waals surface area contributed by atoms with Gasteiger partial charge in [-0.3, -0.25) is 9.69 Å². The Hall–Kier alpha value is -2.48. The van der Waals surface area contributed by atoms with E-state index in [1.54, 1.807) is 12.3 Å². The van der Waals surface area contributed by atoms with Gasteiger partial charge >= 0.3 is 0 Å². The number of H-pyrrole nitrogens is 1. The Balaban J connectivity index is 1.38. The summed E-state index contributed by atoms with van der Waals surface area (Å²) >= 11 is 0. The summed E-state index contributed by atoms with van der Waals surface area (Å²) in [6, 6.07) is 9.70. The smallest absolute Gasteiger partial charge is 0.244 e. The third-order valence-corrected chi connectivity index (χ3v) is 6.38. The minimum Gasteiger partial charge on any atom is -0.388 e. The molecule has 7 nitrogen and oxygen atoms in total. The molecule has 2 aliphatic heterocycles. The van der Waals surface area contributed by atoms with E-state index in [4.69, 9.17) is 4.74 Å². The number of carbonyl (C=O) groups is 1. The lowest BCUT2D eigenvalue weighted by Crippen LogP contribution is -2.69. The van der Waals surface area contributed by atoms with E-state index >= 15 is 0 Å². The number of nitrogens with one attached hydrogen (secondary N) is 2. The lowest BCUT2D eigenvalue weighted by Gasteiger charge is -2.53. The maximum absolute atomic E-state index is 12.6. The molecular weight excluding hydrogens is 380 g/mol. The number of ether oxygens (including phenoxy) is 1. The van der Waals surface area contributed by atoms with E-state index in [9.17, 15) is 9.90 Å². The molecule has 0 aliphatic carbocycles. The van der Waals surface area contributed by atoms with Gasteiger partial charge in [0.15, 0.2) is 0 Å². The summed E-state index contributed by atoms with van der Waals surface area (Å²) in [7, 11) is 0. The number of benzene rings is 1. The van der Waals surface area contributed by atoms with E-state index in [0.29, 0.717) is 13.0 Å². The Kier molecular flexibility index (Phi) is 6.04. The van der Waals surface area contributed by atoms with Crippen molar-refractivity contribution in [2.75, 3.05) is 19.7 Å². The number of carbonyl (C=O) groups excluding carboxylic acids is 1. The molecule has 2 atom stereocenters. The summed E-state index contributed by atoms with van der Waals surface area (Å²) in [4.78, 5) is 22.3. The van der Waals surface area contributed by atoms with Crippen LogP contribution in [-0.2, 0) is 16.1 Å². The van der Waals surface area contributed by atoms with Crippen molar-refractivity contribution < 1.29 is 14.6 Å². The zero-order valence-electron chi connectivity index (χ0n) is 17.4. The minimum atomic E-state index is -0.765. The van der Waals surface area contributed by atoms with Gasteiger partial charge in [-0.05, 0) is 37.8 Å². The molecule has 4 rings (SSSR count). The molecule has 1 amide bonds. The number of aliphatic hydroxyl groups excluding tert-OH is 1. The monoisotopic (exact) mass is 410 g/mol. The number of aromatic nitrogens is 2. The van der Waals surface area contributed by atoms with Crippen LogP contribution in [-0.4, -0.2) is 62.8 Å². The van der Waals surface area contributed by atoms with Crippen LogP contribution in [0.4, 0.5) is 0 Å². The number of hydrogen-bond acceptors (Lipinski definition) is 5. The van der Waals surface area contributed by atoms with Gasteiger partial charge in [-0.15, -0.1) is 0 Å². The molecular formula is C23H30N4O3. The van der Waals surface area contributed by atoms with Gasteiger partial charge in [0.2, 0.25) is 5.91 Å². The molecule has 2 fully saturated rings. The van der Waals surface area contributed by atoms with E-state index in [0.717, 1.165) is 43.9 Å². The van der Waals surface area contributed by atoms with Crippen LogP contribution < -0.4 is 5.32 Å². The summed E-state index contributed by atoms with van der Waals surface area (Å²) < 4.78 is 6.14. The zero-order valence-corrected chi connectivity index (χ0v) is 17.4. The van der Waals surface area contributed by atoms with E-state index in [1.165, 1.54) is 6.08 Å². The summed E-state index contributed by atoms with van der Waals surface area (Å²) in [5.74, 6) is 0.742. The molecule has 1 spiro atoms. The molecule has 0 radical (unpaired) electrons. The first kappa shape index (κ1) is 20.8. The first-order valence-corrected chi connectivity index (χ1v) is 10.6. The molecule has 1 aromatic carbocycles. The van der Waals surface area contributed by atoms with E-state index in [2.05, 4.69) is 20.2 Å². The molecule has 0 bridgehead atoms. The van der Waals surface area contributed by atoms with Crippen molar-refractivity contribution in [3.8, 4) is 0 Å². The molecule has 2 aromatic rings. The number of hydrogen-bond donors (Lipinski definition) is 3. The largest absolute Gasteiger partial charge is 0.388 e. The lowest BCUT2D eigenvalue weighted by molar-refractivity contribution is -0.207. The second kappa shape index (κ2) is 8.71. The number of imidazole rings is 1. The summed E-state index contributed by atoms with van der Waals surface area (Å²) in [6.45, 7) is 4.84. The second-order valence-corrected chi connectivity index (χ2v) is 8.53. The third kappa shape index (κ3) is 4.48. The molecule has 0 unspecified atom stereocenters. The van der Waals surface area contributed by atoms with E-state index in [-0.39, 0.29) is 5.91 Å². The van der Waals surface area contributed by atoms with Crippen LogP contribution in [0.3, 0.4) is 0 Å². The van der Waals surface area contributed by atoms with Crippen molar-refractivity contribution in [2.45, 2.75) is 50.0 Å². The number of aromatic amines is 1. The molecule has 2 saturated heterocycles. The molecule has 7 heteroatoms. The highest BCUT2D eigenvalue weighted by atomic mass is 16.5. The van der Waals surface area contributed by atoms with Gasteiger partial charge in [0.05, 0.1) is 17.7 Å². The predicted molar refractivity (Wildman–Crippen MR) is 114 cm³/mol. The Morgan fingerprint density at radius 2 is 2.10 bits per heavy atom. The van der Waals surface area contributed by atoms with Crippen LogP contribution in [0.2, 0.25) is 0 Å². The number of piperidine rings is 1. The van der Waals surface area contributed by atoms with E-state index in [1.807, 2.05) is 43.5 Å². The SMILES string of the molecule is C[C@]1(NC(=O)/C=C/c2ccccc2)CCOC2(CCN(Cc3ncc[nH]3)CC2)[C@@H]1O. The fourth-order valence-corrected chi connectivity index (χ4v) is 4.56. The highest BCUT2D eigenvalue weighted by Gasteiger charge is 2.53. The summed E-state index contributed by atoms with van der Waals surface area (Å²) in [5.41, 5.74) is -0.381. The number of rotatable bonds is 5. The summed E-state index contributed by atoms with van der Waals surface area (Å²) in [6.07, 6.45) is 8.16. The van der Waals surface area contributed by atoms with Crippen LogP contribution in [0, 0.1) is 0 Å². The van der Waals surface area contributed by atoms with Gasteiger partial charge in [-0.1, -0.05) is 30.3 Å². The Morgan fingerprint density at radius 3 is 2.80 bits per heavy atom. The van der Waals surface area contributed by atoms with Gasteiger partial charge in [0, 0.05) is 38.2 Å². The topological polar surface area (TPSA) is 90.5 Å². The molecule has 3 N–H and O–H groups in total. The van der Waals surface area contributed by atoms with Crippen molar-refractivity contribution in [1.82, 2.24) is 20.2 Å². The maximum Gasteiger partial charge on any atom is 0.244 e. The number of amides is 1. The molecule has 2 aliphatic rings. The minimum absolute atomic E-state index is 0.201. The van der Waals surface area contributed by atoms with Crippen LogP contribution in [0.1, 0.15) is 37.6 Å². The fraction of sp³-hybridized carbons (Fsp3) is 0.478. The number of likely N-dealkylation sites (tertiary alicyclic amines) is 1. The first-order valence-electron chi connectivity index (χ1n) is 10.6. The molecule has 1 aromatic heterocycles. The van der Waals surface area contributed by atoms with E-state index < -0.39 is 17.2 Å². The first-order chi connectivity index (χ1) is 14.5. The molecule has 0 saturated carbocycles. The Morgan fingerprint density at radius 1 is 1.33 bits per heavy atom. The van der Waals surface area contributed by atoms with Crippen molar-refractivity contribution in [2.24, 2.45) is 0 Å². The van der Waals surface area contributed by atoms with Crippen LogP contribution in [0.5, 0.6) is 0 Å². The van der Waals surface area contributed by atoms with Gasteiger partial charge in [0.1, 0.15) is 11.9 Å². The fourth-order valence-electron chi connectivity index (χ4n) is 4.56. The van der Waals surface area contributed by atoms with Gasteiger partial charge in [0.25, 0.3) is 0 Å². The molecule has 160 valence electrons. The lowest BCUT2D eigenvalue weighted by atomic mass is 9.73. The van der Waals surface area contributed by atoms with Crippen LogP contribution in [0.25, 0.3) is 6.08 Å². The zero-order chi connectivity index (χ0) is 21.0. The summed E-state index contributed by atoms with van der Waals surface area (Å²) in [5, 5.41) is 14.3. The molecule has 30 heavy (non-hydrogen) atoms. The Bertz CT molecular complexity index is 860. The quantitative estimate of drug-likeness (QED) is 0.657. The van der Waals surface area contributed by atoms with Gasteiger partial charge < -0.3 is 20.1 Å². The normalized spacial score (nSPS) is 26.8. The highest BCUT2D eigenvalue weighted by molar-refractivity contribution is 5.92. The average Bonchev–Trinajstić information content (AvgIpc) is 3.26. The molecule has 3 heterocycles. The van der Waals surface area contributed by atoms with Crippen LogP contribution in [0.15, 0.2) is 48.8 Å². The predicted octanol–water partition coefficient (Wildman–Crippen LogP) is 2.11. The number of nitrogens with zero attached hydrogens (tertiary/aromatic N) is 2.